The normalized spacial score (nSPS) is 16.3. The first-order valence-electron chi connectivity index (χ1n) is 5.88. The van der Waals surface area contributed by atoms with Crippen molar-refractivity contribution in [1.29, 1.82) is 0 Å². The summed E-state index contributed by atoms with van der Waals surface area (Å²) in [5.74, 6) is 0.601. The van der Waals surface area contributed by atoms with E-state index < -0.39 is 0 Å². The number of halogens is 1. The second-order valence-corrected chi connectivity index (χ2v) is 4.31. The minimum atomic E-state index is -0.0460. The second kappa shape index (κ2) is 6.67. The molecule has 5 heteroatoms. The van der Waals surface area contributed by atoms with Gasteiger partial charge >= 0.3 is 0 Å². The first-order valence-corrected chi connectivity index (χ1v) is 5.88. The van der Waals surface area contributed by atoms with Gasteiger partial charge in [0.1, 0.15) is 12.0 Å². The summed E-state index contributed by atoms with van der Waals surface area (Å²) in [6, 6.07) is 2.04. The standard InChI is InChI=1S/C12H18N2O2.ClH/c13-7-11-6-9(8-16-11)12(15)14-10-4-2-1-3-5-10;/h6,8,10H,1-5,7,13H2,(H,14,15);1H. The van der Waals surface area contributed by atoms with E-state index >= 15 is 0 Å². The second-order valence-electron chi connectivity index (χ2n) is 4.31. The largest absolute Gasteiger partial charge is 0.467 e. The monoisotopic (exact) mass is 258 g/mol. The Hall–Kier alpha value is -1.00. The molecular weight excluding hydrogens is 240 g/mol. The number of rotatable bonds is 3. The molecule has 1 heterocycles. The molecule has 1 aromatic heterocycles. The topological polar surface area (TPSA) is 68.3 Å². The van der Waals surface area contributed by atoms with Crippen molar-refractivity contribution in [3.63, 3.8) is 0 Å². The zero-order valence-corrected chi connectivity index (χ0v) is 10.6. The van der Waals surface area contributed by atoms with Gasteiger partial charge in [-0.2, -0.15) is 0 Å². The van der Waals surface area contributed by atoms with E-state index in [9.17, 15) is 4.79 Å². The predicted molar refractivity (Wildman–Crippen MR) is 68.2 cm³/mol. The van der Waals surface area contributed by atoms with Crippen molar-refractivity contribution in [2.45, 2.75) is 44.7 Å². The van der Waals surface area contributed by atoms with Gasteiger partial charge in [-0.15, -0.1) is 12.4 Å². The van der Waals surface area contributed by atoms with Gasteiger partial charge < -0.3 is 15.5 Å². The molecule has 17 heavy (non-hydrogen) atoms. The third-order valence-corrected chi connectivity index (χ3v) is 3.06. The van der Waals surface area contributed by atoms with Crippen LogP contribution in [-0.4, -0.2) is 11.9 Å². The molecule has 0 bridgehead atoms. The Labute approximate surface area is 107 Å². The summed E-state index contributed by atoms with van der Waals surface area (Å²) < 4.78 is 5.14. The molecule has 0 saturated heterocycles. The summed E-state index contributed by atoms with van der Waals surface area (Å²) in [6.07, 6.45) is 7.37. The number of hydrogen-bond acceptors (Lipinski definition) is 3. The number of hydrogen-bond donors (Lipinski definition) is 2. The van der Waals surface area contributed by atoms with Crippen molar-refractivity contribution in [3.05, 3.63) is 23.7 Å². The maximum Gasteiger partial charge on any atom is 0.254 e. The lowest BCUT2D eigenvalue weighted by atomic mass is 9.95. The molecule has 1 aliphatic carbocycles. The number of amides is 1. The number of furan rings is 1. The van der Waals surface area contributed by atoms with Gasteiger partial charge in [-0.05, 0) is 18.9 Å². The van der Waals surface area contributed by atoms with Crippen LogP contribution >= 0.6 is 12.4 Å². The van der Waals surface area contributed by atoms with E-state index in [1.165, 1.54) is 25.5 Å². The maximum absolute atomic E-state index is 11.8. The van der Waals surface area contributed by atoms with Crippen LogP contribution in [-0.2, 0) is 6.54 Å². The highest BCUT2D eigenvalue weighted by atomic mass is 35.5. The lowest BCUT2D eigenvalue weighted by Crippen LogP contribution is -2.35. The van der Waals surface area contributed by atoms with Crippen LogP contribution in [0.4, 0.5) is 0 Å². The Morgan fingerprint density at radius 1 is 1.41 bits per heavy atom. The fourth-order valence-corrected chi connectivity index (χ4v) is 2.12. The minimum absolute atomic E-state index is 0. The predicted octanol–water partition coefficient (Wildman–Crippen LogP) is 2.22. The summed E-state index contributed by atoms with van der Waals surface area (Å²) in [4.78, 5) is 11.8. The third-order valence-electron chi connectivity index (χ3n) is 3.06. The highest BCUT2D eigenvalue weighted by molar-refractivity contribution is 5.94. The smallest absolute Gasteiger partial charge is 0.254 e. The van der Waals surface area contributed by atoms with Crippen LogP contribution in [0.1, 0.15) is 48.2 Å². The summed E-state index contributed by atoms with van der Waals surface area (Å²) in [6.45, 7) is 0.330. The van der Waals surface area contributed by atoms with Crippen LogP contribution in [0.15, 0.2) is 16.7 Å². The summed E-state index contributed by atoms with van der Waals surface area (Å²) >= 11 is 0. The van der Waals surface area contributed by atoms with Crippen molar-refractivity contribution in [3.8, 4) is 0 Å². The van der Waals surface area contributed by atoms with Crippen LogP contribution in [0.25, 0.3) is 0 Å². The molecule has 0 atom stereocenters. The highest BCUT2D eigenvalue weighted by Gasteiger charge is 2.17. The molecule has 1 aliphatic rings. The maximum atomic E-state index is 11.8. The molecule has 1 fully saturated rings. The zero-order chi connectivity index (χ0) is 11.4. The van der Waals surface area contributed by atoms with E-state index in [0.29, 0.717) is 23.9 Å². The molecule has 1 aromatic rings. The van der Waals surface area contributed by atoms with Gasteiger partial charge in [-0.1, -0.05) is 19.3 Å². The Balaban J connectivity index is 0.00000144. The van der Waals surface area contributed by atoms with E-state index in [2.05, 4.69) is 5.32 Å². The molecule has 0 spiro atoms. The van der Waals surface area contributed by atoms with Crippen molar-refractivity contribution in [2.75, 3.05) is 0 Å². The van der Waals surface area contributed by atoms with Gasteiger partial charge in [0.05, 0.1) is 12.1 Å². The molecule has 1 saturated carbocycles. The fourth-order valence-electron chi connectivity index (χ4n) is 2.12. The molecular formula is C12H19ClN2O2. The molecule has 3 N–H and O–H groups in total. The quantitative estimate of drug-likeness (QED) is 0.874. The average molecular weight is 259 g/mol. The molecule has 0 unspecified atom stereocenters. The first kappa shape index (κ1) is 14.1. The van der Waals surface area contributed by atoms with Gasteiger partial charge in [-0.25, -0.2) is 0 Å². The number of nitrogens with two attached hydrogens (primary N) is 1. The van der Waals surface area contributed by atoms with Gasteiger partial charge in [0, 0.05) is 6.04 Å². The van der Waals surface area contributed by atoms with Crippen molar-refractivity contribution < 1.29 is 9.21 Å². The highest BCUT2D eigenvalue weighted by Crippen LogP contribution is 2.18. The van der Waals surface area contributed by atoms with E-state index in [4.69, 9.17) is 10.2 Å². The van der Waals surface area contributed by atoms with Crippen molar-refractivity contribution >= 4 is 18.3 Å². The van der Waals surface area contributed by atoms with Gasteiger partial charge in [-0.3, -0.25) is 4.79 Å². The SMILES string of the molecule is Cl.NCc1cc(C(=O)NC2CCCCC2)co1. The number of nitrogens with one attached hydrogen (secondary N) is 1. The van der Waals surface area contributed by atoms with Crippen LogP contribution in [0.5, 0.6) is 0 Å². The molecule has 0 aromatic carbocycles. The number of carbonyl (C=O) groups excluding carboxylic acids is 1. The van der Waals surface area contributed by atoms with E-state index in [-0.39, 0.29) is 18.3 Å². The summed E-state index contributed by atoms with van der Waals surface area (Å²) in [5.41, 5.74) is 6.00. The first-order chi connectivity index (χ1) is 7.79. The molecule has 0 aliphatic heterocycles. The summed E-state index contributed by atoms with van der Waals surface area (Å²) in [5, 5.41) is 3.03. The van der Waals surface area contributed by atoms with Crippen molar-refractivity contribution in [2.24, 2.45) is 5.73 Å². The molecule has 96 valence electrons. The van der Waals surface area contributed by atoms with E-state index in [0.717, 1.165) is 12.8 Å². The van der Waals surface area contributed by atoms with Gasteiger partial charge in [0.15, 0.2) is 0 Å². The molecule has 4 nitrogen and oxygen atoms in total. The number of carbonyl (C=O) groups is 1. The molecule has 2 rings (SSSR count). The Morgan fingerprint density at radius 3 is 2.71 bits per heavy atom. The zero-order valence-electron chi connectivity index (χ0n) is 9.78. The lowest BCUT2D eigenvalue weighted by molar-refractivity contribution is 0.0927. The van der Waals surface area contributed by atoms with E-state index in [1.54, 1.807) is 6.07 Å². The molecule has 1 amide bonds. The third kappa shape index (κ3) is 3.75. The van der Waals surface area contributed by atoms with Crippen LogP contribution in [0.2, 0.25) is 0 Å². The lowest BCUT2D eigenvalue weighted by Gasteiger charge is -2.22. The van der Waals surface area contributed by atoms with E-state index in [1.807, 2.05) is 0 Å². The molecule has 0 radical (unpaired) electrons. The van der Waals surface area contributed by atoms with Gasteiger partial charge in [0.2, 0.25) is 0 Å². The van der Waals surface area contributed by atoms with Crippen LogP contribution < -0.4 is 11.1 Å². The van der Waals surface area contributed by atoms with Crippen LogP contribution in [0.3, 0.4) is 0 Å². The summed E-state index contributed by atoms with van der Waals surface area (Å²) in [7, 11) is 0. The average Bonchev–Trinajstić information content (AvgIpc) is 2.79. The van der Waals surface area contributed by atoms with Crippen LogP contribution in [0, 0.1) is 0 Å². The Morgan fingerprint density at radius 2 is 2.12 bits per heavy atom. The minimum Gasteiger partial charge on any atom is -0.467 e. The van der Waals surface area contributed by atoms with Crippen molar-refractivity contribution in [1.82, 2.24) is 5.32 Å². The Bertz CT molecular complexity index is 359. The Kier molecular flexibility index (Phi) is 5.51. The fraction of sp³-hybridized carbons (Fsp3) is 0.583. The van der Waals surface area contributed by atoms with Gasteiger partial charge in [0.25, 0.3) is 5.91 Å².